The van der Waals surface area contributed by atoms with E-state index >= 15 is 0 Å². The first-order valence-electron chi connectivity index (χ1n) is 5.97. The Balaban J connectivity index is 0. The minimum Gasteiger partial charge on any atom is -0.195 e. The number of hydrogen-bond acceptors (Lipinski definition) is 0. The van der Waals surface area contributed by atoms with Crippen molar-refractivity contribution >= 4 is 14.0 Å². The molecule has 0 saturated heterocycles. The van der Waals surface area contributed by atoms with E-state index in [4.69, 9.17) is 0 Å². The summed E-state index contributed by atoms with van der Waals surface area (Å²) in [4.78, 5) is 0. The van der Waals surface area contributed by atoms with Crippen molar-refractivity contribution < 1.29 is 34.1 Å². The van der Waals surface area contributed by atoms with Gasteiger partial charge in [0, 0.05) is 42.5 Å². The molecule has 100 valence electrons. The van der Waals surface area contributed by atoms with Crippen LogP contribution in [0.2, 0.25) is 0 Å². The van der Waals surface area contributed by atoms with Crippen LogP contribution in [-0.4, -0.2) is 8.41 Å². The number of fused-ring (bicyclic) bond motifs is 1. The molecule has 2 aromatic carbocycles. The SMILES string of the molecule is C.[2HH].[B].[CH2-]c1ccccc1C1=[C-]c2ccccc2CC1.[Y]. The van der Waals surface area contributed by atoms with E-state index < -0.39 is 0 Å². The molecule has 0 saturated carbocycles. The first-order chi connectivity index (χ1) is 8.34. The molecule has 0 unspecified atom stereocenters. The van der Waals surface area contributed by atoms with Gasteiger partial charge in [-0.05, 0) is 6.42 Å². The predicted molar refractivity (Wildman–Crippen MR) is 86.0 cm³/mol. The van der Waals surface area contributed by atoms with E-state index in [1.165, 1.54) is 22.3 Å². The molecule has 1 aliphatic carbocycles. The van der Waals surface area contributed by atoms with Crippen molar-refractivity contribution in [2.24, 2.45) is 0 Å². The Morgan fingerprint density at radius 2 is 1.60 bits per heavy atom. The van der Waals surface area contributed by atoms with Crippen LogP contribution in [0.15, 0.2) is 48.5 Å². The van der Waals surface area contributed by atoms with E-state index in [1.54, 1.807) is 0 Å². The zero-order chi connectivity index (χ0) is 11.7. The Morgan fingerprint density at radius 1 is 0.950 bits per heavy atom. The van der Waals surface area contributed by atoms with Crippen LogP contribution in [0.4, 0.5) is 0 Å². The summed E-state index contributed by atoms with van der Waals surface area (Å²) >= 11 is 0. The van der Waals surface area contributed by atoms with Crippen LogP contribution in [0.25, 0.3) is 5.57 Å². The van der Waals surface area contributed by atoms with Crippen LogP contribution in [0.1, 0.15) is 37.5 Å². The zero-order valence-corrected chi connectivity index (χ0v) is 13.7. The molecular weight excluding hydrogens is 316 g/mol. The summed E-state index contributed by atoms with van der Waals surface area (Å²) in [5.74, 6) is 0. The Morgan fingerprint density at radius 3 is 2.35 bits per heavy atom. The van der Waals surface area contributed by atoms with Gasteiger partial charge < -0.3 is 0 Å². The molecule has 0 aromatic heterocycles. The first-order valence-corrected chi connectivity index (χ1v) is 5.97. The molecule has 4 radical (unpaired) electrons. The minimum absolute atomic E-state index is 0. The van der Waals surface area contributed by atoms with Gasteiger partial charge in [-0.2, -0.15) is 18.6 Å². The van der Waals surface area contributed by atoms with E-state index in [1.807, 2.05) is 6.07 Å². The van der Waals surface area contributed by atoms with E-state index in [0.717, 1.165) is 18.4 Å². The number of hydrogen-bond donors (Lipinski definition) is 0. The van der Waals surface area contributed by atoms with Crippen LogP contribution in [0.5, 0.6) is 0 Å². The van der Waals surface area contributed by atoms with Crippen LogP contribution >= 0.6 is 0 Å². The maximum Gasteiger partial charge on any atom is 0 e. The molecule has 0 nitrogen and oxygen atoms in total. The Labute approximate surface area is 151 Å². The standard InChI is InChI=1S/C17H14.CH4.B.Y.H2/c1-13-6-2-5-9-17(13)16-11-10-14-7-3-4-8-15(14)12-16;;;;/h2-9H,1,10-11H2;1H4;;;1H/q-2;;;;/i;;;;1+1. The third-order valence-corrected chi connectivity index (χ3v) is 3.29. The van der Waals surface area contributed by atoms with Crippen molar-refractivity contribution in [1.29, 1.82) is 0 Å². The Kier molecular flexibility index (Phi) is 8.16. The monoisotopic (exact) mass is 337 g/mol. The second kappa shape index (κ2) is 8.49. The van der Waals surface area contributed by atoms with Gasteiger partial charge in [-0.1, -0.05) is 32.0 Å². The summed E-state index contributed by atoms with van der Waals surface area (Å²) in [5, 5.41) is 0. The molecule has 0 atom stereocenters. The molecule has 0 aliphatic heterocycles. The topological polar surface area (TPSA) is 0 Å². The zero-order valence-electron chi connectivity index (χ0n) is 10.9. The van der Waals surface area contributed by atoms with Crippen molar-refractivity contribution in [2.75, 3.05) is 0 Å². The fourth-order valence-corrected chi connectivity index (χ4v) is 2.36. The third kappa shape index (κ3) is 3.87. The maximum absolute atomic E-state index is 4.09. The molecule has 0 bridgehead atoms. The molecular formula is C18H20BY-2. The largest absolute Gasteiger partial charge is 0.195 e. The van der Waals surface area contributed by atoms with Gasteiger partial charge in [-0.25, -0.2) is 0 Å². The minimum atomic E-state index is 0. The fourth-order valence-electron chi connectivity index (χ4n) is 2.36. The fraction of sp³-hybridized carbons (Fsp3) is 0.167. The Hall–Kier alpha value is -0.781. The van der Waals surface area contributed by atoms with Crippen molar-refractivity contribution in [2.45, 2.75) is 20.3 Å². The summed E-state index contributed by atoms with van der Waals surface area (Å²) in [7, 11) is 0. The maximum atomic E-state index is 4.09. The van der Waals surface area contributed by atoms with Gasteiger partial charge in [0.2, 0.25) is 0 Å². The van der Waals surface area contributed by atoms with E-state index in [0.29, 0.717) is 0 Å². The van der Waals surface area contributed by atoms with Gasteiger partial charge in [0.1, 0.15) is 0 Å². The van der Waals surface area contributed by atoms with Crippen LogP contribution in [0.3, 0.4) is 0 Å². The number of allylic oxidation sites excluding steroid dienone is 1. The second-order valence-electron chi connectivity index (χ2n) is 4.42. The molecule has 20 heavy (non-hydrogen) atoms. The first kappa shape index (κ1) is 19.2. The molecule has 3 rings (SSSR count). The molecule has 0 N–H and O–H groups in total. The van der Waals surface area contributed by atoms with Crippen molar-refractivity contribution in [3.63, 3.8) is 0 Å². The average molecular weight is 337 g/mol. The predicted octanol–water partition coefficient (Wildman–Crippen LogP) is 4.55. The molecule has 0 spiro atoms. The van der Waals surface area contributed by atoms with Gasteiger partial charge in [0.15, 0.2) is 0 Å². The van der Waals surface area contributed by atoms with Gasteiger partial charge in [-0.15, -0.1) is 52.6 Å². The van der Waals surface area contributed by atoms with Crippen LogP contribution in [-0.2, 0) is 39.1 Å². The summed E-state index contributed by atoms with van der Waals surface area (Å²) in [6.45, 7) is 4.09. The molecule has 0 heterocycles. The number of aryl methyl sites for hydroxylation is 1. The molecule has 0 amide bonds. The van der Waals surface area contributed by atoms with Crippen LogP contribution < -0.4 is 0 Å². The van der Waals surface area contributed by atoms with E-state index in [9.17, 15) is 0 Å². The smallest absolute Gasteiger partial charge is 0 e. The summed E-state index contributed by atoms with van der Waals surface area (Å²) in [5.41, 5.74) is 6.25. The average Bonchev–Trinajstić information content (AvgIpc) is 2.39. The number of benzene rings is 2. The van der Waals surface area contributed by atoms with Crippen molar-refractivity contribution in [3.8, 4) is 0 Å². The van der Waals surface area contributed by atoms with Gasteiger partial charge in [-0.3, -0.25) is 0 Å². The summed E-state index contributed by atoms with van der Waals surface area (Å²) in [6.07, 6.45) is 5.69. The van der Waals surface area contributed by atoms with Gasteiger partial charge in [0.05, 0.1) is 0 Å². The summed E-state index contributed by atoms with van der Waals surface area (Å²) < 4.78 is 0. The molecule has 0 fully saturated rings. The van der Waals surface area contributed by atoms with E-state index in [2.05, 4.69) is 55.5 Å². The second-order valence-corrected chi connectivity index (χ2v) is 4.42. The normalized spacial score (nSPS) is 11.9. The molecule has 2 aromatic rings. The molecule has 2 heteroatoms. The van der Waals surface area contributed by atoms with Gasteiger partial charge in [0.25, 0.3) is 0 Å². The van der Waals surface area contributed by atoms with E-state index in [-0.39, 0.29) is 50.0 Å². The van der Waals surface area contributed by atoms with Crippen molar-refractivity contribution in [1.82, 2.24) is 0 Å². The van der Waals surface area contributed by atoms with Crippen LogP contribution in [0, 0.1) is 13.0 Å². The Bertz CT molecular complexity index is 593. The van der Waals surface area contributed by atoms with Crippen molar-refractivity contribution in [3.05, 3.63) is 83.8 Å². The third-order valence-electron chi connectivity index (χ3n) is 3.29. The van der Waals surface area contributed by atoms with Gasteiger partial charge >= 0.3 is 0 Å². The summed E-state index contributed by atoms with van der Waals surface area (Å²) in [6, 6.07) is 16.8. The number of rotatable bonds is 1. The molecule has 1 aliphatic rings. The quantitative estimate of drug-likeness (QED) is 0.529.